The Morgan fingerprint density at radius 1 is 1.00 bits per heavy atom. The molecule has 4 nitrogen and oxygen atoms in total. The second-order valence-corrected chi connectivity index (χ2v) is 8.36. The standard InChI is InChI=1S/C19H20ClFN2O2S/c20-18-7-4-8-19(21)17(18)15-22-10-12-23(13-11-22)26(24,25)14-9-16-5-2-1-3-6-16/h1-9,14H,10-13,15H2/b14-9+. The molecule has 0 radical (unpaired) electrons. The molecule has 0 N–H and O–H groups in total. The largest absolute Gasteiger partial charge is 0.296 e. The van der Waals surface area contributed by atoms with E-state index in [1.54, 1.807) is 18.2 Å². The Kier molecular flexibility index (Phi) is 6.09. The maximum absolute atomic E-state index is 13.9. The predicted octanol–water partition coefficient (Wildman–Crippen LogP) is 3.60. The molecule has 7 heteroatoms. The second-order valence-electron chi connectivity index (χ2n) is 6.13. The summed E-state index contributed by atoms with van der Waals surface area (Å²) in [6.45, 7) is 2.17. The van der Waals surface area contributed by atoms with Crippen molar-refractivity contribution in [1.82, 2.24) is 9.21 Å². The summed E-state index contributed by atoms with van der Waals surface area (Å²) in [5.74, 6) is -0.335. The molecular formula is C19H20ClFN2O2S. The van der Waals surface area contributed by atoms with Gasteiger partial charge in [0.1, 0.15) is 5.82 Å². The molecule has 1 aliphatic heterocycles. The van der Waals surface area contributed by atoms with Crippen molar-refractivity contribution < 1.29 is 12.8 Å². The van der Waals surface area contributed by atoms with Gasteiger partial charge in [-0.3, -0.25) is 4.90 Å². The summed E-state index contributed by atoms with van der Waals surface area (Å²) in [7, 11) is -3.47. The molecule has 0 saturated carbocycles. The van der Waals surface area contributed by atoms with Gasteiger partial charge in [0.05, 0.1) is 0 Å². The third kappa shape index (κ3) is 4.71. The van der Waals surface area contributed by atoms with Crippen molar-refractivity contribution in [3.63, 3.8) is 0 Å². The average molecular weight is 395 g/mol. The summed E-state index contributed by atoms with van der Waals surface area (Å²) in [5.41, 5.74) is 1.29. The number of halogens is 2. The van der Waals surface area contributed by atoms with Gasteiger partial charge in [0.25, 0.3) is 0 Å². The molecule has 1 fully saturated rings. The van der Waals surface area contributed by atoms with Crippen LogP contribution in [0.1, 0.15) is 11.1 Å². The zero-order chi connectivity index (χ0) is 18.6. The smallest absolute Gasteiger partial charge is 0.236 e. The fourth-order valence-electron chi connectivity index (χ4n) is 2.86. The van der Waals surface area contributed by atoms with Gasteiger partial charge in [-0.15, -0.1) is 0 Å². The maximum Gasteiger partial charge on any atom is 0.236 e. The fraction of sp³-hybridized carbons (Fsp3) is 0.263. The molecule has 0 spiro atoms. The Labute approximate surface area is 158 Å². The molecule has 2 aromatic carbocycles. The van der Waals surface area contributed by atoms with Crippen molar-refractivity contribution in [3.8, 4) is 0 Å². The van der Waals surface area contributed by atoms with Gasteiger partial charge >= 0.3 is 0 Å². The lowest BCUT2D eigenvalue weighted by Crippen LogP contribution is -2.47. The first kappa shape index (κ1) is 19.0. The molecule has 0 bridgehead atoms. The first-order chi connectivity index (χ1) is 12.5. The zero-order valence-electron chi connectivity index (χ0n) is 14.2. The van der Waals surface area contributed by atoms with Gasteiger partial charge in [-0.2, -0.15) is 4.31 Å². The van der Waals surface area contributed by atoms with E-state index >= 15 is 0 Å². The first-order valence-corrected chi connectivity index (χ1v) is 10.2. The number of sulfonamides is 1. The lowest BCUT2D eigenvalue weighted by molar-refractivity contribution is 0.181. The predicted molar refractivity (Wildman–Crippen MR) is 103 cm³/mol. The highest BCUT2D eigenvalue weighted by Crippen LogP contribution is 2.22. The molecule has 3 rings (SSSR count). The summed E-state index contributed by atoms with van der Waals surface area (Å²) in [6.07, 6.45) is 1.60. The highest BCUT2D eigenvalue weighted by molar-refractivity contribution is 7.92. The van der Waals surface area contributed by atoms with Gasteiger partial charge in [0.2, 0.25) is 10.0 Å². The summed E-state index contributed by atoms with van der Waals surface area (Å²) in [6, 6.07) is 13.9. The van der Waals surface area contributed by atoms with E-state index < -0.39 is 10.0 Å². The lowest BCUT2D eigenvalue weighted by atomic mass is 10.2. The highest BCUT2D eigenvalue weighted by Gasteiger charge is 2.25. The number of piperazine rings is 1. The SMILES string of the molecule is O=S(=O)(/C=C/c1ccccc1)N1CCN(Cc2c(F)cccc2Cl)CC1. The van der Waals surface area contributed by atoms with E-state index in [1.165, 1.54) is 15.8 Å². The quantitative estimate of drug-likeness (QED) is 0.778. The van der Waals surface area contributed by atoms with Crippen LogP contribution >= 0.6 is 11.6 Å². The van der Waals surface area contributed by atoms with Crippen molar-refractivity contribution in [2.75, 3.05) is 26.2 Å². The van der Waals surface area contributed by atoms with Crippen molar-refractivity contribution >= 4 is 27.7 Å². The number of hydrogen-bond donors (Lipinski definition) is 0. The van der Waals surface area contributed by atoms with E-state index in [2.05, 4.69) is 0 Å². The van der Waals surface area contributed by atoms with E-state index in [4.69, 9.17) is 11.6 Å². The minimum Gasteiger partial charge on any atom is -0.296 e. The molecule has 0 aromatic heterocycles. The fourth-order valence-corrected chi connectivity index (χ4v) is 4.26. The van der Waals surface area contributed by atoms with Gasteiger partial charge in [-0.25, -0.2) is 12.8 Å². The van der Waals surface area contributed by atoms with Crippen molar-refractivity contribution in [1.29, 1.82) is 0 Å². The number of nitrogens with zero attached hydrogens (tertiary/aromatic N) is 2. The topological polar surface area (TPSA) is 40.6 Å². The molecule has 1 aliphatic rings. The minimum atomic E-state index is -3.47. The first-order valence-electron chi connectivity index (χ1n) is 8.34. The lowest BCUT2D eigenvalue weighted by Gasteiger charge is -2.33. The number of hydrogen-bond acceptors (Lipinski definition) is 3. The van der Waals surface area contributed by atoms with Gasteiger partial charge in [-0.1, -0.05) is 48.0 Å². The van der Waals surface area contributed by atoms with Crippen LogP contribution in [0.25, 0.3) is 6.08 Å². The van der Waals surface area contributed by atoms with E-state index in [1.807, 2.05) is 35.2 Å². The molecule has 0 aliphatic carbocycles. The Balaban J connectivity index is 1.60. The van der Waals surface area contributed by atoms with Crippen LogP contribution in [0, 0.1) is 5.82 Å². The van der Waals surface area contributed by atoms with Gasteiger partial charge in [0, 0.05) is 48.7 Å². The van der Waals surface area contributed by atoms with Crippen molar-refractivity contribution in [2.45, 2.75) is 6.54 Å². The maximum atomic E-state index is 13.9. The summed E-state index contributed by atoms with van der Waals surface area (Å²) >= 11 is 6.07. The van der Waals surface area contributed by atoms with Crippen LogP contribution in [0.5, 0.6) is 0 Å². The third-order valence-corrected chi connectivity index (χ3v) is 6.29. The molecule has 26 heavy (non-hydrogen) atoms. The molecule has 138 valence electrons. The second kappa shape index (κ2) is 8.31. The third-order valence-electron chi connectivity index (χ3n) is 4.37. The Bertz CT molecular complexity index is 859. The summed E-state index contributed by atoms with van der Waals surface area (Å²) in [5, 5.41) is 1.64. The van der Waals surface area contributed by atoms with Gasteiger partial charge in [0.15, 0.2) is 0 Å². The number of rotatable bonds is 5. The van der Waals surface area contributed by atoms with E-state index in [0.29, 0.717) is 43.3 Å². The Hall–Kier alpha value is -1.73. The zero-order valence-corrected chi connectivity index (χ0v) is 15.8. The van der Waals surface area contributed by atoms with Crippen LogP contribution in [0.4, 0.5) is 4.39 Å². The molecule has 0 amide bonds. The Morgan fingerprint density at radius 2 is 1.69 bits per heavy atom. The Morgan fingerprint density at radius 3 is 2.35 bits per heavy atom. The number of benzene rings is 2. The van der Waals surface area contributed by atoms with Crippen LogP contribution in [0.3, 0.4) is 0 Å². The van der Waals surface area contributed by atoms with Crippen LogP contribution < -0.4 is 0 Å². The summed E-state index contributed by atoms with van der Waals surface area (Å²) < 4.78 is 40.3. The molecular weight excluding hydrogens is 375 g/mol. The average Bonchev–Trinajstić information content (AvgIpc) is 2.65. The minimum absolute atomic E-state index is 0.335. The van der Waals surface area contributed by atoms with E-state index in [-0.39, 0.29) is 5.82 Å². The molecule has 1 saturated heterocycles. The van der Waals surface area contributed by atoms with Gasteiger partial charge < -0.3 is 0 Å². The van der Waals surface area contributed by atoms with Gasteiger partial charge in [-0.05, 0) is 23.8 Å². The molecule has 0 atom stereocenters. The van der Waals surface area contributed by atoms with E-state index in [0.717, 1.165) is 5.56 Å². The van der Waals surface area contributed by atoms with Crippen LogP contribution in [0.15, 0.2) is 53.9 Å². The van der Waals surface area contributed by atoms with Crippen LogP contribution in [-0.4, -0.2) is 43.8 Å². The van der Waals surface area contributed by atoms with Crippen molar-refractivity contribution in [3.05, 3.63) is 75.9 Å². The molecule has 2 aromatic rings. The normalized spacial score (nSPS) is 17.0. The summed E-state index contributed by atoms with van der Waals surface area (Å²) in [4.78, 5) is 2.01. The van der Waals surface area contributed by atoms with Crippen LogP contribution in [-0.2, 0) is 16.6 Å². The highest BCUT2D eigenvalue weighted by atomic mass is 35.5. The van der Waals surface area contributed by atoms with Crippen molar-refractivity contribution in [2.24, 2.45) is 0 Å². The molecule has 0 unspecified atom stereocenters. The van der Waals surface area contributed by atoms with E-state index in [9.17, 15) is 12.8 Å². The molecule has 1 heterocycles. The van der Waals surface area contributed by atoms with Crippen LogP contribution in [0.2, 0.25) is 5.02 Å². The monoisotopic (exact) mass is 394 g/mol.